The van der Waals surface area contributed by atoms with Gasteiger partial charge in [-0.15, -0.1) is 0 Å². The van der Waals surface area contributed by atoms with Gasteiger partial charge < -0.3 is 14.9 Å². The van der Waals surface area contributed by atoms with Crippen molar-refractivity contribution < 1.29 is 18.3 Å². The van der Waals surface area contributed by atoms with Gasteiger partial charge in [-0.2, -0.15) is 0 Å². The number of nitrogens with one attached hydrogen (secondary N) is 1. The summed E-state index contributed by atoms with van der Waals surface area (Å²) in [6, 6.07) is 11.5. The second-order valence-electron chi connectivity index (χ2n) is 9.10. The van der Waals surface area contributed by atoms with E-state index in [9.17, 15) is 18.3 Å². The lowest BCUT2D eigenvalue weighted by Gasteiger charge is -2.37. The van der Waals surface area contributed by atoms with Crippen molar-refractivity contribution in [2.45, 2.75) is 43.9 Å². The normalized spacial score (nSPS) is 19.5. The Morgan fingerprint density at radius 1 is 1.06 bits per heavy atom. The van der Waals surface area contributed by atoms with E-state index in [1.807, 2.05) is 6.92 Å². The number of rotatable bonds is 8. The Labute approximate surface area is 196 Å². The number of carboxylic acids is 1. The number of aryl methyl sites for hydroxylation is 1. The highest BCUT2D eigenvalue weighted by Crippen LogP contribution is 2.33. The minimum atomic E-state index is -3.85. The van der Waals surface area contributed by atoms with E-state index in [2.05, 4.69) is 14.5 Å². The molecule has 8 heteroatoms. The third-order valence-corrected chi connectivity index (χ3v) is 8.09. The molecular formula is C25H33N3O4S. The average Bonchev–Trinajstić information content (AvgIpc) is 3.32. The molecule has 4 rings (SSSR count). The van der Waals surface area contributed by atoms with Crippen LogP contribution in [0.2, 0.25) is 0 Å². The van der Waals surface area contributed by atoms with Crippen molar-refractivity contribution in [2.75, 3.05) is 42.3 Å². The highest BCUT2D eigenvalue weighted by Gasteiger charge is 2.26. The number of carboxylic acid groups (broad SMARTS) is 1. The number of nitrogens with zero attached hydrogens (tertiary/aromatic N) is 2. The van der Waals surface area contributed by atoms with Crippen LogP contribution < -0.4 is 9.62 Å². The van der Waals surface area contributed by atoms with Crippen LogP contribution in [0.15, 0.2) is 47.4 Å². The van der Waals surface area contributed by atoms with E-state index in [4.69, 9.17) is 0 Å². The first-order valence-electron chi connectivity index (χ1n) is 11.8. The molecule has 2 aliphatic heterocycles. The predicted octanol–water partition coefficient (Wildman–Crippen LogP) is 4.06. The van der Waals surface area contributed by atoms with Gasteiger partial charge in [0.25, 0.3) is 10.0 Å². The molecule has 2 aliphatic rings. The summed E-state index contributed by atoms with van der Waals surface area (Å²) in [4.78, 5) is 16.5. The van der Waals surface area contributed by atoms with Crippen molar-refractivity contribution in [3.63, 3.8) is 0 Å². The molecule has 0 unspecified atom stereocenters. The number of hydrogen-bond donors (Lipinski definition) is 2. The molecule has 0 spiro atoms. The van der Waals surface area contributed by atoms with Crippen LogP contribution in [0.4, 0.5) is 11.4 Å². The van der Waals surface area contributed by atoms with Crippen molar-refractivity contribution in [2.24, 2.45) is 5.92 Å². The van der Waals surface area contributed by atoms with Crippen molar-refractivity contribution in [1.82, 2.24) is 4.90 Å². The summed E-state index contributed by atoms with van der Waals surface area (Å²) in [5.74, 6) is -0.568. The zero-order valence-corrected chi connectivity index (χ0v) is 20.0. The Kier molecular flexibility index (Phi) is 7.24. The van der Waals surface area contributed by atoms with Crippen molar-refractivity contribution >= 4 is 27.4 Å². The molecule has 0 amide bonds. The molecule has 2 fully saturated rings. The van der Waals surface area contributed by atoms with Gasteiger partial charge in [0, 0.05) is 19.6 Å². The molecule has 0 bridgehead atoms. The molecule has 2 aromatic rings. The summed E-state index contributed by atoms with van der Waals surface area (Å²) >= 11 is 0. The van der Waals surface area contributed by atoms with E-state index >= 15 is 0 Å². The van der Waals surface area contributed by atoms with Gasteiger partial charge in [-0.1, -0.05) is 19.1 Å². The van der Waals surface area contributed by atoms with E-state index in [1.54, 1.807) is 36.4 Å². The summed E-state index contributed by atoms with van der Waals surface area (Å²) in [5, 5.41) is 9.49. The van der Waals surface area contributed by atoms with E-state index in [0.29, 0.717) is 11.6 Å². The Morgan fingerprint density at radius 3 is 2.45 bits per heavy atom. The number of benzene rings is 2. The Bertz CT molecular complexity index is 1080. The lowest BCUT2D eigenvalue weighted by Crippen LogP contribution is -2.40. The van der Waals surface area contributed by atoms with E-state index < -0.39 is 16.0 Å². The van der Waals surface area contributed by atoms with Gasteiger partial charge in [0.2, 0.25) is 0 Å². The van der Waals surface area contributed by atoms with E-state index in [-0.39, 0.29) is 10.5 Å². The minimum absolute atomic E-state index is 0.0587. The Morgan fingerprint density at radius 2 is 1.79 bits per heavy atom. The van der Waals surface area contributed by atoms with E-state index in [0.717, 1.165) is 63.2 Å². The van der Waals surface area contributed by atoms with Crippen molar-refractivity contribution in [3.05, 3.63) is 53.6 Å². The summed E-state index contributed by atoms with van der Waals surface area (Å²) < 4.78 is 28.9. The van der Waals surface area contributed by atoms with Crippen LogP contribution in [0.5, 0.6) is 0 Å². The van der Waals surface area contributed by atoms with Crippen LogP contribution in [-0.4, -0.2) is 57.1 Å². The molecule has 33 heavy (non-hydrogen) atoms. The Balaban J connectivity index is 1.59. The standard InChI is InChI=1S/C25H33N3O4S/c1-2-19-7-10-22(11-8-19)33(31,32)26-23-16-21(25(29)30)9-12-24(23)28-15-5-6-20(18-28)17-27-13-3-4-14-27/h7-12,16,20,26H,2-6,13-15,17-18H2,1H3,(H,29,30)/t20-/m0/s1. The smallest absolute Gasteiger partial charge is 0.335 e. The van der Waals surface area contributed by atoms with Crippen LogP contribution >= 0.6 is 0 Å². The number of hydrogen-bond acceptors (Lipinski definition) is 5. The van der Waals surface area contributed by atoms with Gasteiger partial charge in [-0.25, -0.2) is 13.2 Å². The van der Waals surface area contributed by atoms with Crippen LogP contribution in [0.3, 0.4) is 0 Å². The predicted molar refractivity (Wildman–Crippen MR) is 131 cm³/mol. The number of sulfonamides is 1. The molecule has 0 radical (unpaired) electrons. The molecule has 2 aromatic carbocycles. The number of piperidine rings is 1. The topological polar surface area (TPSA) is 89.9 Å². The van der Waals surface area contributed by atoms with Crippen molar-refractivity contribution in [3.8, 4) is 0 Å². The quantitative estimate of drug-likeness (QED) is 0.604. The zero-order chi connectivity index (χ0) is 23.4. The van der Waals surface area contributed by atoms with Crippen LogP contribution in [0.1, 0.15) is 48.5 Å². The number of carbonyl (C=O) groups is 1. The molecule has 2 saturated heterocycles. The molecule has 0 aliphatic carbocycles. The number of anilines is 2. The summed E-state index contributed by atoms with van der Waals surface area (Å²) in [6.45, 7) is 7.05. The van der Waals surface area contributed by atoms with Gasteiger partial charge >= 0.3 is 5.97 Å². The fourth-order valence-electron chi connectivity index (χ4n) is 4.90. The first-order valence-corrected chi connectivity index (χ1v) is 13.3. The molecule has 0 aromatic heterocycles. The summed E-state index contributed by atoms with van der Waals surface area (Å²) in [6.07, 6.45) is 5.54. The molecular weight excluding hydrogens is 438 g/mol. The number of aromatic carboxylic acids is 1. The Hall–Kier alpha value is -2.58. The molecule has 2 N–H and O–H groups in total. The maximum absolute atomic E-state index is 13.1. The third-order valence-electron chi connectivity index (χ3n) is 6.70. The highest BCUT2D eigenvalue weighted by atomic mass is 32.2. The van der Waals surface area contributed by atoms with Gasteiger partial charge in [0.05, 0.1) is 21.8 Å². The lowest BCUT2D eigenvalue weighted by atomic mass is 9.96. The molecule has 2 heterocycles. The molecule has 0 saturated carbocycles. The second-order valence-corrected chi connectivity index (χ2v) is 10.8. The van der Waals surface area contributed by atoms with Crippen LogP contribution in [0.25, 0.3) is 0 Å². The second kappa shape index (κ2) is 10.1. The molecule has 178 valence electrons. The average molecular weight is 472 g/mol. The molecule has 1 atom stereocenters. The van der Waals surface area contributed by atoms with Gasteiger partial charge in [0.1, 0.15) is 0 Å². The number of likely N-dealkylation sites (tertiary alicyclic amines) is 1. The SMILES string of the molecule is CCc1ccc(S(=O)(=O)Nc2cc(C(=O)O)ccc2N2CCC[C@@H](CN3CCCC3)C2)cc1. The third kappa shape index (κ3) is 5.68. The monoisotopic (exact) mass is 471 g/mol. The van der Waals surface area contributed by atoms with E-state index in [1.165, 1.54) is 18.9 Å². The van der Waals surface area contributed by atoms with Gasteiger partial charge in [-0.3, -0.25) is 4.72 Å². The first kappa shape index (κ1) is 23.6. The highest BCUT2D eigenvalue weighted by molar-refractivity contribution is 7.92. The fraction of sp³-hybridized carbons (Fsp3) is 0.480. The lowest BCUT2D eigenvalue weighted by molar-refractivity contribution is 0.0697. The summed E-state index contributed by atoms with van der Waals surface area (Å²) in [5.41, 5.74) is 2.17. The zero-order valence-electron chi connectivity index (χ0n) is 19.2. The van der Waals surface area contributed by atoms with Crippen LogP contribution in [-0.2, 0) is 16.4 Å². The largest absolute Gasteiger partial charge is 0.478 e. The minimum Gasteiger partial charge on any atom is -0.478 e. The van der Waals surface area contributed by atoms with Gasteiger partial charge in [0.15, 0.2) is 0 Å². The fourth-order valence-corrected chi connectivity index (χ4v) is 5.96. The first-order chi connectivity index (χ1) is 15.9. The molecule has 7 nitrogen and oxygen atoms in total. The maximum Gasteiger partial charge on any atom is 0.335 e. The van der Waals surface area contributed by atoms with Crippen molar-refractivity contribution in [1.29, 1.82) is 0 Å². The van der Waals surface area contributed by atoms with Crippen LogP contribution in [0, 0.1) is 5.92 Å². The summed E-state index contributed by atoms with van der Waals surface area (Å²) in [7, 11) is -3.85. The maximum atomic E-state index is 13.1. The van der Waals surface area contributed by atoms with Gasteiger partial charge in [-0.05, 0) is 87.0 Å².